The Hall–Kier alpha value is -5.26. The number of nitrogens with zero attached hydrogens (tertiary/aromatic N) is 3. The first kappa shape index (κ1) is 32.0. The van der Waals surface area contributed by atoms with Crippen LogP contribution in [-0.2, 0) is 33.9 Å². The topological polar surface area (TPSA) is 164 Å². The zero-order valence-corrected chi connectivity index (χ0v) is 22.4. The number of aromatic nitrogens is 3. The number of aryl methyl sites for hydroxylation is 1. The molecule has 0 spiro atoms. The van der Waals surface area contributed by atoms with E-state index in [1.54, 1.807) is 12.1 Å². The van der Waals surface area contributed by atoms with Gasteiger partial charge in [-0.05, 0) is 66.8 Å². The molecular weight excluding hydrogens is 531 g/mol. The zero-order valence-electron chi connectivity index (χ0n) is 22.4. The van der Waals surface area contributed by atoms with E-state index in [2.05, 4.69) is 21.1 Å². The molecule has 3 amide bonds. The Labute approximate surface area is 237 Å². The fraction of sp³-hybridized carbons (Fsp3) is 0.207. The second kappa shape index (κ2) is 18.9. The minimum atomic E-state index is -0.416. The normalized spacial score (nSPS) is 9.68. The van der Waals surface area contributed by atoms with Gasteiger partial charge in [-0.1, -0.05) is 42.5 Å². The number of halogens is 1. The molecule has 41 heavy (non-hydrogen) atoms. The SMILES string of the molecule is NC(=O)Cn1cncn1.NC=O.O=C(NCCCCc1ccc(Oc2ccc(F)cc2)cc1)OCc1ccccc1. The third-order valence-electron chi connectivity index (χ3n) is 5.13. The Bertz CT molecular complexity index is 1290. The third-order valence-corrected chi connectivity index (χ3v) is 5.13. The lowest BCUT2D eigenvalue weighted by Gasteiger charge is -2.08. The highest BCUT2D eigenvalue weighted by atomic mass is 19.1. The number of alkyl carbamates (subject to hydrolysis) is 1. The van der Waals surface area contributed by atoms with Crippen LogP contribution in [0.5, 0.6) is 11.5 Å². The molecule has 0 saturated carbocycles. The van der Waals surface area contributed by atoms with Crippen molar-refractivity contribution in [3.8, 4) is 11.5 Å². The van der Waals surface area contributed by atoms with Gasteiger partial charge in [0.15, 0.2) is 0 Å². The van der Waals surface area contributed by atoms with Crippen molar-refractivity contribution in [2.45, 2.75) is 32.4 Å². The first-order valence-corrected chi connectivity index (χ1v) is 12.6. The molecule has 216 valence electrons. The van der Waals surface area contributed by atoms with Crippen LogP contribution in [0.25, 0.3) is 0 Å². The third kappa shape index (κ3) is 14.5. The van der Waals surface area contributed by atoms with Crippen LogP contribution >= 0.6 is 0 Å². The molecule has 1 heterocycles. The highest BCUT2D eigenvalue weighted by molar-refractivity contribution is 5.73. The van der Waals surface area contributed by atoms with Crippen LogP contribution in [0.3, 0.4) is 0 Å². The molecule has 5 N–H and O–H groups in total. The largest absolute Gasteiger partial charge is 0.457 e. The molecule has 0 aliphatic rings. The minimum absolute atomic E-state index is 0.0972. The van der Waals surface area contributed by atoms with Crippen LogP contribution in [0.4, 0.5) is 9.18 Å². The van der Waals surface area contributed by atoms with E-state index in [4.69, 9.17) is 20.0 Å². The van der Waals surface area contributed by atoms with Crippen molar-refractivity contribution in [2.24, 2.45) is 11.5 Å². The second-order valence-electron chi connectivity index (χ2n) is 8.34. The summed E-state index contributed by atoms with van der Waals surface area (Å²) in [7, 11) is 0. The van der Waals surface area contributed by atoms with Crippen molar-refractivity contribution in [2.75, 3.05) is 6.54 Å². The Morgan fingerprint density at radius 2 is 1.56 bits per heavy atom. The number of nitrogens with one attached hydrogen (secondary N) is 1. The number of ether oxygens (including phenoxy) is 2. The second-order valence-corrected chi connectivity index (χ2v) is 8.34. The number of carbonyl (C=O) groups is 3. The van der Waals surface area contributed by atoms with Crippen molar-refractivity contribution in [3.05, 3.63) is 108 Å². The Kier molecular flexibility index (Phi) is 14.7. The Morgan fingerprint density at radius 1 is 0.927 bits per heavy atom. The van der Waals surface area contributed by atoms with Crippen molar-refractivity contribution in [1.29, 1.82) is 0 Å². The number of primary amides is 2. The quantitative estimate of drug-likeness (QED) is 0.184. The lowest BCUT2D eigenvalue weighted by molar-refractivity contribution is -0.118. The number of amides is 3. The predicted octanol–water partition coefficient (Wildman–Crippen LogP) is 3.73. The van der Waals surface area contributed by atoms with Crippen molar-refractivity contribution < 1.29 is 28.2 Å². The molecule has 1 aromatic heterocycles. The average Bonchev–Trinajstić information content (AvgIpc) is 3.48. The molecular formula is C29H33FN6O5. The maximum atomic E-state index is 12.9. The summed E-state index contributed by atoms with van der Waals surface area (Å²) in [6.07, 6.45) is 5.38. The van der Waals surface area contributed by atoms with E-state index in [0.717, 1.165) is 24.8 Å². The van der Waals surface area contributed by atoms with E-state index in [1.165, 1.54) is 35.0 Å². The standard InChI is InChI=1S/C24H24FNO3.C4H6N4O.CH3NO/c25-21-11-15-23(16-12-21)29-22-13-9-19(10-14-22)6-4-5-17-26-24(27)28-18-20-7-2-1-3-8-20;5-4(9)1-8-3-6-2-7-8;2-1-3/h1-3,7-16H,4-6,17-18H2,(H,26,27);2-3H,1H2,(H2,5,9);1H,(H2,2,3). The monoisotopic (exact) mass is 564 g/mol. The number of carbonyl (C=O) groups excluding carboxylic acids is 3. The van der Waals surface area contributed by atoms with Gasteiger partial charge in [0.1, 0.15) is 43.1 Å². The van der Waals surface area contributed by atoms with E-state index in [0.29, 0.717) is 18.0 Å². The van der Waals surface area contributed by atoms with Gasteiger partial charge in [-0.3, -0.25) is 9.59 Å². The summed E-state index contributed by atoms with van der Waals surface area (Å²) in [5.74, 6) is 0.611. The van der Waals surface area contributed by atoms with Crippen LogP contribution in [0.1, 0.15) is 24.0 Å². The van der Waals surface area contributed by atoms with Gasteiger partial charge in [-0.25, -0.2) is 18.9 Å². The molecule has 4 rings (SSSR count). The van der Waals surface area contributed by atoms with Crippen LogP contribution in [0, 0.1) is 5.82 Å². The molecule has 0 saturated heterocycles. The van der Waals surface area contributed by atoms with Crippen molar-refractivity contribution >= 4 is 18.4 Å². The summed E-state index contributed by atoms with van der Waals surface area (Å²) in [6, 6.07) is 23.4. The number of unbranched alkanes of at least 4 members (excludes halogenated alkanes) is 1. The van der Waals surface area contributed by atoms with Crippen LogP contribution in [0.15, 0.2) is 91.5 Å². The summed E-state index contributed by atoms with van der Waals surface area (Å²) in [4.78, 5) is 34.1. The highest BCUT2D eigenvalue weighted by Crippen LogP contribution is 2.22. The first-order chi connectivity index (χ1) is 19.9. The van der Waals surface area contributed by atoms with Gasteiger partial charge in [0.25, 0.3) is 0 Å². The molecule has 12 heteroatoms. The Morgan fingerprint density at radius 3 is 2.15 bits per heavy atom. The molecule has 0 atom stereocenters. The van der Waals surface area contributed by atoms with Gasteiger partial charge in [-0.2, -0.15) is 5.10 Å². The van der Waals surface area contributed by atoms with E-state index in [1.807, 2.05) is 54.6 Å². The summed E-state index contributed by atoms with van der Waals surface area (Å²) in [5, 5.41) is 6.43. The molecule has 0 unspecified atom stereocenters. The number of rotatable bonds is 11. The predicted molar refractivity (Wildman–Crippen MR) is 150 cm³/mol. The fourth-order valence-electron chi connectivity index (χ4n) is 3.26. The van der Waals surface area contributed by atoms with Crippen LogP contribution in [-0.4, -0.2) is 39.7 Å². The molecule has 3 aromatic carbocycles. The van der Waals surface area contributed by atoms with Gasteiger partial charge in [0.05, 0.1) is 0 Å². The van der Waals surface area contributed by atoms with Gasteiger partial charge in [0, 0.05) is 6.54 Å². The highest BCUT2D eigenvalue weighted by Gasteiger charge is 2.03. The lowest BCUT2D eigenvalue weighted by Crippen LogP contribution is -2.25. The molecule has 0 fully saturated rings. The van der Waals surface area contributed by atoms with E-state index in [-0.39, 0.29) is 25.4 Å². The van der Waals surface area contributed by atoms with E-state index in [9.17, 15) is 14.0 Å². The zero-order chi connectivity index (χ0) is 29.7. The van der Waals surface area contributed by atoms with Crippen molar-refractivity contribution in [1.82, 2.24) is 20.1 Å². The number of hydrogen-bond donors (Lipinski definition) is 3. The maximum absolute atomic E-state index is 12.9. The smallest absolute Gasteiger partial charge is 0.407 e. The summed E-state index contributed by atoms with van der Waals surface area (Å²) in [6.45, 7) is 0.957. The van der Waals surface area contributed by atoms with Gasteiger partial charge in [-0.15, -0.1) is 0 Å². The minimum Gasteiger partial charge on any atom is -0.457 e. The molecule has 0 radical (unpaired) electrons. The summed E-state index contributed by atoms with van der Waals surface area (Å²) in [5.41, 5.74) is 11.2. The van der Waals surface area contributed by atoms with Crippen LogP contribution in [0.2, 0.25) is 0 Å². The Balaban J connectivity index is 0.000000408. The van der Waals surface area contributed by atoms with Crippen molar-refractivity contribution in [3.63, 3.8) is 0 Å². The number of benzene rings is 3. The molecule has 0 bridgehead atoms. The van der Waals surface area contributed by atoms with E-state index < -0.39 is 12.0 Å². The first-order valence-electron chi connectivity index (χ1n) is 12.6. The summed E-state index contributed by atoms with van der Waals surface area (Å²) < 4.78 is 25.1. The van der Waals surface area contributed by atoms with E-state index >= 15 is 0 Å². The average molecular weight is 565 g/mol. The maximum Gasteiger partial charge on any atom is 0.407 e. The van der Waals surface area contributed by atoms with Crippen LogP contribution < -0.4 is 21.5 Å². The summed E-state index contributed by atoms with van der Waals surface area (Å²) >= 11 is 0. The number of hydrogen-bond acceptors (Lipinski definition) is 7. The fourth-order valence-corrected chi connectivity index (χ4v) is 3.26. The number of nitrogens with two attached hydrogens (primary N) is 2. The van der Waals surface area contributed by atoms with Gasteiger partial charge >= 0.3 is 6.09 Å². The lowest BCUT2D eigenvalue weighted by atomic mass is 10.1. The molecule has 4 aromatic rings. The molecule has 0 aliphatic heterocycles. The van der Waals surface area contributed by atoms with Gasteiger partial charge < -0.3 is 26.3 Å². The molecule has 0 aliphatic carbocycles. The molecule has 11 nitrogen and oxygen atoms in total. The van der Waals surface area contributed by atoms with Gasteiger partial charge in [0.2, 0.25) is 12.3 Å².